The van der Waals surface area contributed by atoms with E-state index >= 15 is 0 Å². The summed E-state index contributed by atoms with van der Waals surface area (Å²) < 4.78 is 2.41. The smallest absolute Gasteiger partial charge is 0.510 e. The molecule has 0 saturated heterocycles. The molecule has 0 unspecified atom stereocenters. The van der Waals surface area contributed by atoms with Gasteiger partial charge in [-0.1, -0.05) is 56.8 Å². The molecule has 0 N–H and O–H groups in total. The number of aromatic nitrogens is 1. The van der Waals surface area contributed by atoms with Crippen LogP contribution in [0.1, 0.15) is 26.3 Å². The molecule has 0 bridgehead atoms. The van der Waals surface area contributed by atoms with E-state index in [0.717, 1.165) is 34.1 Å². The zero-order valence-corrected chi connectivity index (χ0v) is 27.1. The Labute approximate surface area is 267 Å². The van der Waals surface area contributed by atoms with Crippen LogP contribution in [-0.2, 0) is 26.5 Å². The maximum Gasteiger partial charge on any atom is 4.00 e. The number of hydrogen-bond donors (Lipinski definition) is 0. The van der Waals surface area contributed by atoms with Crippen molar-refractivity contribution in [3.05, 3.63) is 123 Å². The first-order chi connectivity index (χ1) is 20.3. The van der Waals surface area contributed by atoms with Gasteiger partial charge in [0.05, 0.1) is 11.2 Å². The molecule has 0 atom stereocenters. The Hall–Kier alpha value is -4.15. The molecule has 7 heteroatoms. The fourth-order valence-electron chi connectivity index (χ4n) is 6.18. The van der Waals surface area contributed by atoms with Crippen LogP contribution in [0.3, 0.4) is 0 Å². The summed E-state index contributed by atoms with van der Waals surface area (Å²) in [6.45, 7) is 11.0. The van der Waals surface area contributed by atoms with Crippen molar-refractivity contribution in [1.82, 2.24) is 14.4 Å². The monoisotopic (exact) mass is 743 g/mol. The summed E-state index contributed by atoms with van der Waals surface area (Å²) in [5.41, 5.74) is 9.78. The van der Waals surface area contributed by atoms with E-state index < -0.39 is 0 Å². The van der Waals surface area contributed by atoms with Gasteiger partial charge in [0.2, 0.25) is 0 Å². The molecule has 0 radical (unpaired) electrons. The Morgan fingerprint density at radius 3 is 2.02 bits per heavy atom. The Morgan fingerprint density at radius 1 is 0.651 bits per heavy atom. The predicted molar refractivity (Wildman–Crippen MR) is 173 cm³/mol. The number of nitrogens with zero attached hydrogens (tertiary/aromatic N) is 6. The van der Waals surface area contributed by atoms with Crippen LogP contribution in [0.5, 0.6) is 0 Å². The maximum absolute atomic E-state index is 3.83. The third-order valence-corrected chi connectivity index (χ3v) is 8.31. The van der Waals surface area contributed by atoms with Crippen molar-refractivity contribution in [2.45, 2.75) is 26.2 Å². The molecular weight excluding hydrogens is 712 g/mol. The minimum Gasteiger partial charge on any atom is -0.510 e. The fourth-order valence-corrected chi connectivity index (χ4v) is 6.18. The van der Waals surface area contributed by atoms with Crippen LogP contribution in [0.15, 0.2) is 91.5 Å². The summed E-state index contributed by atoms with van der Waals surface area (Å²) in [6, 6.07) is 31.9. The van der Waals surface area contributed by atoms with Crippen molar-refractivity contribution < 1.29 is 21.1 Å². The molecule has 0 amide bonds. The number of benzene rings is 4. The standard InChI is InChI=1S/C36H32N6.Pt/c1-36(2,3)25-19-27(40-18-16-38(5)24-40)21-28(20-25)41-33-12-8-10-30-29-9-6-7-11-31(29)42(35(30)33)32-14-13-26(22-34(32)41)39-17-15-37(4)23-39;/h6-20,23-24H,1-5H3;/q-4;+4. The SMILES string of the molecule is CN1C=CN(c2[c-]c3c(cc2)-n2c4ccccc4c4cccc(c42)N3c2[c-]c(N3C=CN(C)[CH-]3)cc(C(C)(C)C)c2)[CH-]1.[Pt+4]. The van der Waals surface area contributed by atoms with Gasteiger partial charge in [-0.25, -0.2) is 0 Å². The van der Waals surface area contributed by atoms with Crippen LogP contribution in [0.4, 0.5) is 28.4 Å². The van der Waals surface area contributed by atoms with Crippen molar-refractivity contribution >= 4 is 50.2 Å². The molecule has 1 aromatic heterocycles. The van der Waals surface area contributed by atoms with E-state index in [1.807, 2.05) is 25.2 Å². The van der Waals surface area contributed by atoms with Crippen LogP contribution < -0.4 is 14.7 Å². The predicted octanol–water partition coefficient (Wildman–Crippen LogP) is 8.15. The molecule has 6 nitrogen and oxygen atoms in total. The van der Waals surface area contributed by atoms with E-state index in [2.05, 4.69) is 156 Å². The fraction of sp³-hybridized carbons (Fsp3) is 0.167. The number of anilines is 5. The number of fused-ring (bicyclic) bond motifs is 5. The molecule has 3 aliphatic rings. The van der Waals surface area contributed by atoms with Crippen molar-refractivity contribution in [3.63, 3.8) is 0 Å². The van der Waals surface area contributed by atoms with Crippen molar-refractivity contribution in [2.24, 2.45) is 0 Å². The summed E-state index contributed by atoms with van der Waals surface area (Å²) >= 11 is 0. The van der Waals surface area contributed by atoms with Gasteiger partial charge in [-0.2, -0.15) is 13.3 Å². The Kier molecular flexibility index (Phi) is 6.41. The van der Waals surface area contributed by atoms with Gasteiger partial charge in [0, 0.05) is 16.3 Å². The molecule has 216 valence electrons. The van der Waals surface area contributed by atoms with Gasteiger partial charge in [0.1, 0.15) is 0 Å². The zero-order valence-electron chi connectivity index (χ0n) is 24.8. The summed E-state index contributed by atoms with van der Waals surface area (Å²) in [7, 11) is 4.08. The van der Waals surface area contributed by atoms with Crippen LogP contribution in [0.25, 0.3) is 27.5 Å². The summed E-state index contributed by atoms with van der Waals surface area (Å²) in [5, 5.41) is 2.49. The maximum atomic E-state index is 3.83. The molecule has 4 heterocycles. The summed E-state index contributed by atoms with van der Waals surface area (Å²) in [5.74, 6) is 0. The van der Waals surface area contributed by atoms with E-state index in [9.17, 15) is 0 Å². The summed E-state index contributed by atoms with van der Waals surface area (Å²) in [6.07, 6.45) is 8.26. The second-order valence-electron chi connectivity index (χ2n) is 12.3. The van der Waals surface area contributed by atoms with E-state index in [0.29, 0.717) is 0 Å². The van der Waals surface area contributed by atoms with Crippen LogP contribution in [0.2, 0.25) is 0 Å². The van der Waals surface area contributed by atoms with Gasteiger partial charge in [-0.3, -0.25) is 0 Å². The minimum atomic E-state index is -0.0566. The Bertz CT molecular complexity index is 1950. The molecule has 0 saturated carbocycles. The van der Waals surface area contributed by atoms with Crippen molar-refractivity contribution in [1.29, 1.82) is 0 Å². The van der Waals surface area contributed by atoms with Gasteiger partial charge in [-0.15, -0.1) is 53.3 Å². The van der Waals surface area contributed by atoms with Crippen molar-refractivity contribution in [3.8, 4) is 5.69 Å². The third-order valence-electron chi connectivity index (χ3n) is 8.31. The van der Waals surface area contributed by atoms with E-state index in [1.54, 1.807) is 0 Å². The van der Waals surface area contributed by atoms with E-state index in [4.69, 9.17) is 0 Å². The molecule has 8 rings (SSSR count). The molecular formula is C36H32N6Pt. The van der Waals surface area contributed by atoms with Gasteiger partial charge >= 0.3 is 21.1 Å². The molecule has 5 aromatic rings. The normalized spacial score (nSPS) is 15.7. The van der Waals surface area contributed by atoms with E-state index in [-0.39, 0.29) is 26.5 Å². The molecule has 4 aromatic carbocycles. The van der Waals surface area contributed by atoms with Crippen molar-refractivity contribution in [2.75, 3.05) is 28.8 Å². The van der Waals surface area contributed by atoms with Crippen LogP contribution >= 0.6 is 0 Å². The molecule has 43 heavy (non-hydrogen) atoms. The summed E-state index contributed by atoms with van der Waals surface area (Å²) in [4.78, 5) is 10.7. The number of hydrogen-bond acceptors (Lipinski definition) is 5. The Morgan fingerprint density at radius 2 is 1.33 bits per heavy atom. The van der Waals surface area contributed by atoms with Crippen LogP contribution in [-0.4, -0.2) is 28.5 Å². The van der Waals surface area contributed by atoms with Gasteiger partial charge < -0.3 is 29.1 Å². The first-order valence-corrected chi connectivity index (χ1v) is 14.3. The zero-order chi connectivity index (χ0) is 28.7. The molecule has 0 spiro atoms. The second-order valence-corrected chi connectivity index (χ2v) is 12.3. The first-order valence-electron chi connectivity index (χ1n) is 14.3. The van der Waals surface area contributed by atoms with Gasteiger partial charge in [0.25, 0.3) is 0 Å². The molecule has 0 aliphatic carbocycles. The Balaban J connectivity index is 0.00000300. The van der Waals surface area contributed by atoms with Gasteiger partial charge in [0.15, 0.2) is 0 Å². The average Bonchev–Trinajstić information content (AvgIpc) is 3.70. The van der Waals surface area contributed by atoms with E-state index in [1.165, 1.54) is 27.4 Å². The quantitative estimate of drug-likeness (QED) is 0.170. The number of para-hydroxylation sites is 2. The average molecular weight is 744 g/mol. The van der Waals surface area contributed by atoms with Crippen LogP contribution in [0, 0.1) is 25.5 Å². The molecule has 0 fully saturated rings. The minimum absolute atomic E-state index is 0. The topological polar surface area (TPSA) is 21.1 Å². The second kappa shape index (κ2) is 9.96. The third kappa shape index (κ3) is 4.34. The number of rotatable bonds is 3. The largest absolute Gasteiger partial charge is 4.00 e. The first kappa shape index (κ1) is 27.7. The van der Waals surface area contributed by atoms with Gasteiger partial charge in [-0.05, 0) is 67.8 Å². The molecule has 3 aliphatic heterocycles.